The van der Waals surface area contributed by atoms with Crippen LogP contribution in [0.1, 0.15) is 12.8 Å². The van der Waals surface area contributed by atoms with Gasteiger partial charge in [-0.2, -0.15) is 0 Å². The van der Waals surface area contributed by atoms with Gasteiger partial charge in [0.1, 0.15) is 9.84 Å². The first-order valence-electron chi connectivity index (χ1n) is 6.53. The molecule has 0 atom stereocenters. The normalized spacial score (nSPS) is 19.3. The van der Waals surface area contributed by atoms with Gasteiger partial charge in [0.05, 0.1) is 27.8 Å². The maximum atomic E-state index is 11.8. The Morgan fingerprint density at radius 2 is 1.86 bits per heavy atom. The first kappa shape index (κ1) is 16.1. The molecule has 1 aromatic carbocycles. The first-order valence-corrected chi connectivity index (χ1v) is 9.84. The zero-order valence-corrected chi connectivity index (χ0v) is 13.3. The molecule has 0 saturated carbocycles. The highest BCUT2D eigenvalue weighted by Crippen LogP contribution is 2.26. The Morgan fingerprint density at radius 1 is 1.24 bits per heavy atom. The monoisotopic (exact) mass is 333 g/mol. The fraction of sp³-hybridized carbons (Fsp3) is 0.500. The van der Waals surface area contributed by atoms with Crippen molar-refractivity contribution in [2.24, 2.45) is 0 Å². The van der Waals surface area contributed by atoms with Crippen LogP contribution in [0, 0.1) is 0 Å². The minimum absolute atomic E-state index is 0.0247. The van der Waals surface area contributed by atoms with Crippen molar-refractivity contribution < 1.29 is 16.8 Å². The molecule has 7 nitrogen and oxygen atoms in total. The minimum Gasteiger partial charge on any atom is -0.397 e. The van der Waals surface area contributed by atoms with E-state index in [1.54, 1.807) is 0 Å². The lowest BCUT2D eigenvalue weighted by Gasteiger charge is -2.25. The SMILES string of the molecule is CNS(=O)(=O)c1ccc(N)c(NC2CCS(=O)(=O)CC2)c1. The summed E-state index contributed by atoms with van der Waals surface area (Å²) in [7, 11) is -5.13. The smallest absolute Gasteiger partial charge is 0.240 e. The van der Waals surface area contributed by atoms with E-state index >= 15 is 0 Å². The Balaban J connectivity index is 2.19. The van der Waals surface area contributed by atoms with Crippen molar-refractivity contribution >= 4 is 31.2 Å². The van der Waals surface area contributed by atoms with E-state index in [0.29, 0.717) is 24.2 Å². The zero-order valence-electron chi connectivity index (χ0n) is 11.7. The molecule has 1 aliphatic heterocycles. The van der Waals surface area contributed by atoms with Crippen molar-refractivity contribution in [2.75, 3.05) is 29.6 Å². The third-order valence-corrected chi connectivity index (χ3v) is 6.65. The van der Waals surface area contributed by atoms with Gasteiger partial charge in [0.25, 0.3) is 0 Å². The topological polar surface area (TPSA) is 118 Å². The number of benzene rings is 1. The van der Waals surface area contributed by atoms with Crippen LogP contribution in [0.25, 0.3) is 0 Å². The van der Waals surface area contributed by atoms with Crippen LogP contribution in [-0.2, 0) is 19.9 Å². The van der Waals surface area contributed by atoms with E-state index in [2.05, 4.69) is 10.0 Å². The van der Waals surface area contributed by atoms with Crippen LogP contribution in [0.3, 0.4) is 0 Å². The molecule has 0 radical (unpaired) electrons. The van der Waals surface area contributed by atoms with Gasteiger partial charge in [0.2, 0.25) is 10.0 Å². The van der Waals surface area contributed by atoms with Crippen molar-refractivity contribution in [3.05, 3.63) is 18.2 Å². The molecule has 0 unspecified atom stereocenters. The Kier molecular flexibility index (Phi) is 4.45. The van der Waals surface area contributed by atoms with E-state index in [4.69, 9.17) is 5.73 Å². The maximum Gasteiger partial charge on any atom is 0.240 e. The molecular formula is C12H19N3O4S2. The molecule has 4 N–H and O–H groups in total. The van der Waals surface area contributed by atoms with Crippen LogP contribution >= 0.6 is 0 Å². The number of hydrogen-bond donors (Lipinski definition) is 3. The molecule has 118 valence electrons. The van der Waals surface area contributed by atoms with Gasteiger partial charge >= 0.3 is 0 Å². The molecule has 0 aromatic heterocycles. The molecule has 0 amide bonds. The van der Waals surface area contributed by atoms with Crippen LogP contribution in [0.15, 0.2) is 23.1 Å². The largest absolute Gasteiger partial charge is 0.397 e. The molecule has 0 bridgehead atoms. The summed E-state index contributed by atoms with van der Waals surface area (Å²) in [6.07, 6.45) is 0.982. The van der Waals surface area contributed by atoms with Crippen molar-refractivity contribution in [3.63, 3.8) is 0 Å². The van der Waals surface area contributed by atoms with Gasteiger partial charge in [-0.1, -0.05) is 0 Å². The highest BCUT2D eigenvalue weighted by Gasteiger charge is 2.24. The second-order valence-electron chi connectivity index (χ2n) is 5.03. The van der Waals surface area contributed by atoms with Crippen molar-refractivity contribution in [2.45, 2.75) is 23.8 Å². The summed E-state index contributed by atoms with van der Waals surface area (Å²) in [5, 5.41) is 3.14. The van der Waals surface area contributed by atoms with Crippen LogP contribution in [0.4, 0.5) is 11.4 Å². The third-order valence-electron chi connectivity index (χ3n) is 3.52. The molecule has 0 aliphatic carbocycles. The molecule has 1 aliphatic rings. The molecule has 1 saturated heterocycles. The Morgan fingerprint density at radius 3 is 2.43 bits per heavy atom. The number of anilines is 2. The number of sulfonamides is 1. The standard InChI is InChI=1S/C12H19N3O4S2/c1-14-21(18,19)10-2-3-11(13)12(8-10)15-9-4-6-20(16,17)7-5-9/h2-3,8-9,14-15H,4-7,13H2,1H3. The second-order valence-corrected chi connectivity index (χ2v) is 9.22. The lowest BCUT2D eigenvalue weighted by Crippen LogP contribution is -2.32. The molecular weight excluding hydrogens is 314 g/mol. The van der Waals surface area contributed by atoms with Crippen LogP contribution in [0.5, 0.6) is 0 Å². The van der Waals surface area contributed by atoms with Crippen molar-refractivity contribution in [1.29, 1.82) is 0 Å². The molecule has 9 heteroatoms. The molecule has 1 heterocycles. The second kappa shape index (κ2) is 5.82. The van der Waals surface area contributed by atoms with E-state index < -0.39 is 19.9 Å². The predicted octanol–water partition coefficient (Wildman–Crippen LogP) is 0.166. The van der Waals surface area contributed by atoms with Gasteiger partial charge in [-0.15, -0.1) is 0 Å². The van der Waals surface area contributed by atoms with Crippen molar-refractivity contribution in [1.82, 2.24) is 4.72 Å². The van der Waals surface area contributed by atoms with E-state index in [1.165, 1.54) is 25.2 Å². The van der Waals surface area contributed by atoms with Gasteiger partial charge in [-0.25, -0.2) is 21.6 Å². The first-order chi connectivity index (χ1) is 9.73. The average Bonchev–Trinajstić information content (AvgIpc) is 2.43. The van der Waals surface area contributed by atoms with Gasteiger partial charge in [0.15, 0.2) is 0 Å². The molecule has 1 aromatic rings. The summed E-state index contributed by atoms with van der Waals surface area (Å²) in [6, 6.07) is 4.39. The highest BCUT2D eigenvalue weighted by molar-refractivity contribution is 7.91. The minimum atomic E-state index is -3.54. The molecule has 0 spiro atoms. The molecule has 1 fully saturated rings. The number of rotatable bonds is 4. The molecule has 21 heavy (non-hydrogen) atoms. The summed E-state index contributed by atoms with van der Waals surface area (Å²) >= 11 is 0. The van der Waals surface area contributed by atoms with Crippen molar-refractivity contribution in [3.8, 4) is 0 Å². The Labute approximate surface area is 124 Å². The Hall–Kier alpha value is -1.32. The van der Waals surface area contributed by atoms with Crippen LogP contribution in [0.2, 0.25) is 0 Å². The fourth-order valence-corrected chi connectivity index (χ4v) is 4.45. The quantitative estimate of drug-likeness (QED) is 0.676. The number of nitrogen functional groups attached to an aromatic ring is 1. The van der Waals surface area contributed by atoms with E-state index in [-0.39, 0.29) is 22.4 Å². The number of hydrogen-bond acceptors (Lipinski definition) is 6. The van der Waals surface area contributed by atoms with E-state index in [1.807, 2.05) is 0 Å². The molecule has 2 rings (SSSR count). The summed E-state index contributed by atoms with van der Waals surface area (Å²) in [6.45, 7) is 0. The number of sulfone groups is 1. The predicted molar refractivity (Wildman–Crippen MR) is 82.4 cm³/mol. The lowest BCUT2D eigenvalue weighted by atomic mass is 10.1. The van der Waals surface area contributed by atoms with E-state index in [0.717, 1.165) is 0 Å². The highest BCUT2D eigenvalue weighted by atomic mass is 32.2. The van der Waals surface area contributed by atoms with E-state index in [9.17, 15) is 16.8 Å². The summed E-state index contributed by atoms with van der Waals surface area (Å²) < 4.78 is 48.6. The summed E-state index contributed by atoms with van der Waals surface area (Å²) in [4.78, 5) is 0.116. The van der Waals surface area contributed by atoms with Gasteiger partial charge in [-0.05, 0) is 38.1 Å². The van der Waals surface area contributed by atoms with Gasteiger partial charge in [-0.3, -0.25) is 0 Å². The summed E-state index contributed by atoms with van der Waals surface area (Å²) in [5.41, 5.74) is 6.79. The number of nitrogens with two attached hydrogens (primary N) is 1. The van der Waals surface area contributed by atoms with Crippen LogP contribution in [-0.4, -0.2) is 41.4 Å². The summed E-state index contributed by atoms with van der Waals surface area (Å²) in [5.74, 6) is 0.276. The maximum absolute atomic E-state index is 11.8. The zero-order chi connectivity index (χ0) is 15.7. The Bertz CT molecular complexity index is 715. The van der Waals surface area contributed by atoms with Crippen LogP contribution < -0.4 is 15.8 Å². The van der Waals surface area contributed by atoms with Gasteiger partial charge in [0, 0.05) is 6.04 Å². The fourth-order valence-electron chi connectivity index (χ4n) is 2.20. The average molecular weight is 333 g/mol. The van der Waals surface area contributed by atoms with Gasteiger partial charge < -0.3 is 11.1 Å². The third kappa shape index (κ3) is 3.86. The number of nitrogens with one attached hydrogen (secondary N) is 2. The lowest BCUT2D eigenvalue weighted by molar-refractivity contribution is 0.559.